The molecule has 0 atom stereocenters. The SMILES string of the molecule is c1ccc(-c2cccc(N3c4cc([Si](c5ccccc5)(c5ccccc5)c5ccccc5)ccc4B4c5cc(-c6ccccc6)ccc5N(c5cccc([Si](c6ccccc6)(c6ccccc6)c6ccccc6)c5)c5cc(-n6c7ccccc7c7ccccc76)cc3c54)c2)cc1. The molecule has 0 spiro atoms. The number of hydrogen-bond acceptors (Lipinski definition) is 2. The molecule has 0 aliphatic carbocycles. The van der Waals surface area contributed by atoms with Crippen LogP contribution >= 0.6 is 0 Å². The molecule has 3 nitrogen and oxygen atoms in total. The molecule has 0 fully saturated rings. The van der Waals surface area contributed by atoms with Gasteiger partial charge in [-0.3, -0.25) is 0 Å². The van der Waals surface area contributed by atoms with Crippen molar-refractivity contribution in [1.82, 2.24) is 4.57 Å². The number of anilines is 6. The fraction of sp³-hybridized carbons (Fsp3) is 0. The zero-order chi connectivity index (χ0) is 63.6. The lowest BCUT2D eigenvalue weighted by Gasteiger charge is -2.45. The normalized spacial score (nSPS) is 12.5. The Kier molecular flexibility index (Phi) is 14.0. The van der Waals surface area contributed by atoms with Crippen LogP contribution in [0.5, 0.6) is 0 Å². The van der Waals surface area contributed by atoms with Crippen LogP contribution in [-0.4, -0.2) is 27.4 Å². The Bertz CT molecular complexity index is 5290. The lowest BCUT2D eigenvalue weighted by molar-refractivity contribution is 1.16. The molecule has 2 aliphatic rings. The van der Waals surface area contributed by atoms with Gasteiger partial charge in [0.25, 0.3) is 6.71 Å². The van der Waals surface area contributed by atoms with Crippen molar-refractivity contribution >= 4 is 137 Å². The van der Waals surface area contributed by atoms with E-state index in [0.717, 1.165) is 56.4 Å². The third-order valence-corrected chi connectivity index (χ3v) is 30.0. The number of nitrogens with zero attached hydrogens (tertiary/aromatic N) is 3. The second-order valence-electron chi connectivity index (χ2n) is 25.4. The average molecular weight is 1250 g/mol. The maximum absolute atomic E-state index is 3.10. The summed E-state index contributed by atoms with van der Waals surface area (Å²) in [5, 5.41) is 13.1. The third-order valence-electron chi connectivity index (χ3n) is 20.4. The van der Waals surface area contributed by atoms with Gasteiger partial charge in [0, 0.05) is 44.9 Å². The summed E-state index contributed by atoms with van der Waals surface area (Å²) < 4.78 is 2.53. The first-order valence-corrected chi connectivity index (χ1v) is 37.3. The van der Waals surface area contributed by atoms with Gasteiger partial charge in [-0.2, -0.15) is 0 Å². The summed E-state index contributed by atoms with van der Waals surface area (Å²) >= 11 is 0. The first-order chi connectivity index (χ1) is 47.6. The molecule has 0 radical (unpaired) electrons. The Morgan fingerprint density at radius 2 is 0.573 bits per heavy atom. The Labute approximate surface area is 563 Å². The minimum Gasteiger partial charge on any atom is -0.311 e. The molecule has 450 valence electrons. The van der Waals surface area contributed by atoms with Gasteiger partial charge in [-0.1, -0.05) is 328 Å². The van der Waals surface area contributed by atoms with Gasteiger partial charge in [-0.25, -0.2) is 0 Å². The van der Waals surface area contributed by atoms with Gasteiger partial charge in [-0.05, 0) is 141 Å². The fourth-order valence-electron chi connectivity index (χ4n) is 16.4. The van der Waals surface area contributed by atoms with E-state index in [-0.39, 0.29) is 6.71 Å². The van der Waals surface area contributed by atoms with E-state index in [1.54, 1.807) is 0 Å². The predicted octanol–water partition coefficient (Wildman–Crippen LogP) is 15.0. The van der Waals surface area contributed by atoms with Crippen LogP contribution < -0.4 is 67.7 Å². The van der Waals surface area contributed by atoms with Crippen LogP contribution in [0.2, 0.25) is 0 Å². The van der Waals surface area contributed by atoms with Crippen molar-refractivity contribution in [2.45, 2.75) is 0 Å². The van der Waals surface area contributed by atoms with Crippen molar-refractivity contribution < 1.29 is 0 Å². The van der Waals surface area contributed by atoms with Gasteiger partial charge in [0.05, 0.1) is 16.7 Å². The monoisotopic (exact) mass is 1250 g/mol. The van der Waals surface area contributed by atoms with Crippen molar-refractivity contribution in [2.75, 3.05) is 9.80 Å². The highest BCUT2D eigenvalue weighted by Gasteiger charge is 2.48. The summed E-state index contributed by atoms with van der Waals surface area (Å²) in [4.78, 5) is 5.29. The highest BCUT2D eigenvalue weighted by Crippen LogP contribution is 2.47. The van der Waals surface area contributed by atoms with Gasteiger partial charge in [0.1, 0.15) is 0 Å². The Balaban J connectivity index is 0.987. The summed E-state index contributed by atoms with van der Waals surface area (Å²) in [5.41, 5.74) is 18.6. The molecular formula is C90H64BN3Si2. The fourth-order valence-corrected chi connectivity index (χ4v) is 25.9. The molecule has 0 N–H and O–H groups in total. The van der Waals surface area contributed by atoms with Gasteiger partial charge < -0.3 is 14.4 Å². The number of benzene rings is 15. The minimum atomic E-state index is -3.10. The topological polar surface area (TPSA) is 11.4 Å². The summed E-state index contributed by atoms with van der Waals surface area (Å²) in [7, 11) is -6.13. The number of para-hydroxylation sites is 2. The molecule has 16 aromatic rings. The van der Waals surface area contributed by atoms with E-state index in [1.807, 2.05) is 0 Å². The van der Waals surface area contributed by atoms with Gasteiger partial charge in [-0.15, -0.1) is 0 Å². The Morgan fingerprint density at radius 3 is 1.04 bits per heavy atom. The van der Waals surface area contributed by atoms with Crippen LogP contribution in [0.4, 0.5) is 34.1 Å². The predicted molar refractivity (Wildman–Crippen MR) is 413 cm³/mol. The van der Waals surface area contributed by atoms with Crippen LogP contribution in [-0.2, 0) is 0 Å². The van der Waals surface area contributed by atoms with E-state index >= 15 is 0 Å². The van der Waals surface area contributed by atoms with Crippen molar-refractivity contribution in [3.05, 3.63) is 388 Å². The zero-order valence-corrected chi connectivity index (χ0v) is 54.9. The van der Waals surface area contributed by atoms with Crippen molar-refractivity contribution in [3.63, 3.8) is 0 Å². The number of aromatic nitrogens is 1. The standard InChI is InChI=1S/C90H64BN3Si2/c1-9-31-65(32-10-1)67-35-29-36-69(59-67)93-87-64-79(96(75-44-19-6-20-45-75,76-46-21-7-22-47-76)77-48-23-8-24-49-77)56-57-82(87)91-83-60-68(66-33-11-2-12-34-66)55-58-86(83)92(88-62-71(63-89(93)90(88)91)94-84-53-27-25-51-80(84)81-52-26-28-54-85(81)94)70-37-30-50-78(61-70)95(72-38-13-3-14-39-72,73-40-15-4-16-41-73)74-42-17-5-18-43-74/h1-64H. The van der Waals surface area contributed by atoms with E-state index in [9.17, 15) is 0 Å². The molecule has 0 unspecified atom stereocenters. The minimum absolute atomic E-state index is 0.203. The van der Waals surface area contributed by atoms with Crippen molar-refractivity contribution in [1.29, 1.82) is 0 Å². The molecule has 0 bridgehead atoms. The van der Waals surface area contributed by atoms with E-state index in [2.05, 4.69) is 403 Å². The molecule has 1 aromatic heterocycles. The lowest BCUT2D eigenvalue weighted by Crippen LogP contribution is -2.75. The molecule has 6 heteroatoms. The van der Waals surface area contributed by atoms with Crippen molar-refractivity contribution in [2.24, 2.45) is 0 Å². The van der Waals surface area contributed by atoms with Crippen LogP contribution in [0.3, 0.4) is 0 Å². The van der Waals surface area contributed by atoms with Gasteiger partial charge in [0.2, 0.25) is 0 Å². The van der Waals surface area contributed by atoms with Crippen LogP contribution in [0.15, 0.2) is 388 Å². The summed E-state index contributed by atoms with van der Waals surface area (Å²) in [6.07, 6.45) is 0. The van der Waals surface area contributed by atoms with Crippen LogP contribution in [0, 0.1) is 0 Å². The van der Waals surface area contributed by atoms with E-state index in [1.165, 1.54) is 85.3 Å². The van der Waals surface area contributed by atoms with Gasteiger partial charge >= 0.3 is 0 Å². The summed E-state index contributed by atoms with van der Waals surface area (Å²) in [6.45, 7) is -0.203. The maximum atomic E-state index is 2.65. The largest absolute Gasteiger partial charge is 0.311 e. The average Bonchev–Trinajstić information content (AvgIpc) is 0.777. The molecular weight excluding hydrogens is 1190 g/mol. The van der Waals surface area contributed by atoms with E-state index in [4.69, 9.17) is 0 Å². The zero-order valence-electron chi connectivity index (χ0n) is 52.9. The highest BCUT2D eigenvalue weighted by atomic mass is 28.3. The Morgan fingerprint density at radius 1 is 0.208 bits per heavy atom. The summed E-state index contributed by atoms with van der Waals surface area (Å²) in [5.74, 6) is 0. The first-order valence-electron chi connectivity index (χ1n) is 33.3. The molecule has 0 amide bonds. The Hall–Kier alpha value is -11.8. The molecule has 0 saturated carbocycles. The van der Waals surface area contributed by atoms with Gasteiger partial charge in [0.15, 0.2) is 16.1 Å². The van der Waals surface area contributed by atoms with E-state index < -0.39 is 16.1 Å². The van der Waals surface area contributed by atoms with Crippen LogP contribution in [0.1, 0.15) is 0 Å². The smallest absolute Gasteiger partial charge is 0.252 e. The summed E-state index contributed by atoms with van der Waals surface area (Å²) in [6, 6.07) is 147. The lowest BCUT2D eigenvalue weighted by atomic mass is 9.33. The second kappa shape index (κ2) is 23.6. The number of rotatable bonds is 13. The highest BCUT2D eigenvalue weighted by molar-refractivity contribution is 7.20. The third kappa shape index (κ3) is 9.09. The maximum Gasteiger partial charge on any atom is 0.252 e. The number of fused-ring (bicyclic) bond motifs is 7. The first kappa shape index (κ1) is 56.9. The second-order valence-corrected chi connectivity index (χ2v) is 33.1. The molecule has 15 aromatic carbocycles. The molecule has 96 heavy (non-hydrogen) atoms. The molecule has 2 aliphatic heterocycles. The van der Waals surface area contributed by atoms with E-state index in [0.29, 0.717) is 0 Å². The quantitative estimate of drug-likeness (QED) is 0.0842. The molecule has 3 heterocycles. The van der Waals surface area contributed by atoms with Crippen molar-refractivity contribution in [3.8, 4) is 27.9 Å². The van der Waals surface area contributed by atoms with Crippen LogP contribution in [0.25, 0.3) is 49.7 Å². The molecule has 0 saturated heterocycles. The molecule has 18 rings (SSSR count). The number of hydrogen-bond donors (Lipinski definition) is 0.